The number of nitrogens with one attached hydrogen (secondary N) is 1. The van der Waals surface area contributed by atoms with Crippen LogP contribution in [-0.2, 0) is 0 Å². The molecular formula is C19H21Cl2NO3. The molecule has 2 rings (SSSR count). The van der Waals surface area contributed by atoms with Gasteiger partial charge in [0.15, 0.2) is 11.5 Å². The number of hydrogen-bond donors (Lipinski definition) is 1. The van der Waals surface area contributed by atoms with Gasteiger partial charge in [-0.05, 0) is 50.6 Å². The lowest BCUT2D eigenvalue weighted by atomic mass is 10.1. The summed E-state index contributed by atoms with van der Waals surface area (Å²) < 4.78 is 11.2. The van der Waals surface area contributed by atoms with E-state index in [2.05, 4.69) is 5.32 Å². The minimum atomic E-state index is -0.324. The molecule has 2 aromatic rings. The van der Waals surface area contributed by atoms with E-state index >= 15 is 0 Å². The molecule has 4 nitrogen and oxygen atoms in total. The smallest absolute Gasteiger partial charge is 0.254 e. The molecule has 1 amide bonds. The molecule has 134 valence electrons. The van der Waals surface area contributed by atoms with Crippen LogP contribution in [0, 0.1) is 0 Å². The monoisotopic (exact) mass is 381 g/mol. The molecule has 25 heavy (non-hydrogen) atoms. The maximum Gasteiger partial charge on any atom is 0.254 e. The quantitative estimate of drug-likeness (QED) is 0.709. The van der Waals surface area contributed by atoms with Gasteiger partial charge in [0, 0.05) is 0 Å². The molecule has 0 aliphatic heterocycles. The molecular weight excluding hydrogens is 361 g/mol. The van der Waals surface area contributed by atoms with E-state index in [4.69, 9.17) is 32.7 Å². The average molecular weight is 382 g/mol. The topological polar surface area (TPSA) is 47.6 Å². The third kappa shape index (κ3) is 4.80. The normalized spacial score (nSPS) is 11.7. The van der Waals surface area contributed by atoms with E-state index < -0.39 is 0 Å². The van der Waals surface area contributed by atoms with Crippen molar-refractivity contribution in [1.29, 1.82) is 0 Å². The number of hydrogen-bond acceptors (Lipinski definition) is 3. The molecule has 1 N–H and O–H groups in total. The summed E-state index contributed by atoms with van der Waals surface area (Å²) in [5.74, 6) is 1.01. The van der Waals surface area contributed by atoms with Gasteiger partial charge in [-0.25, -0.2) is 0 Å². The Kier molecular flexibility index (Phi) is 6.97. The third-order valence-corrected chi connectivity index (χ3v) is 4.23. The van der Waals surface area contributed by atoms with E-state index in [0.717, 1.165) is 5.56 Å². The first-order valence-corrected chi connectivity index (χ1v) is 8.87. The summed E-state index contributed by atoms with van der Waals surface area (Å²) in [4.78, 5) is 12.5. The molecule has 0 spiro atoms. The number of carbonyl (C=O) groups is 1. The standard InChI is InChI=1S/C19H21Cl2NO3/c1-4-24-16-10-9-13(11-17(16)25-5-2)12(3)22-19(23)18-14(20)7-6-8-15(18)21/h6-12H,4-5H2,1-3H3,(H,22,23). The number of amides is 1. The highest BCUT2D eigenvalue weighted by molar-refractivity contribution is 6.39. The van der Waals surface area contributed by atoms with Crippen molar-refractivity contribution in [2.24, 2.45) is 0 Å². The minimum Gasteiger partial charge on any atom is -0.490 e. The lowest BCUT2D eigenvalue weighted by Crippen LogP contribution is -2.27. The summed E-state index contributed by atoms with van der Waals surface area (Å²) in [7, 11) is 0. The minimum absolute atomic E-state index is 0.255. The van der Waals surface area contributed by atoms with Gasteiger partial charge in [0.1, 0.15) is 0 Å². The van der Waals surface area contributed by atoms with E-state index in [-0.39, 0.29) is 17.5 Å². The van der Waals surface area contributed by atoms with Gasteiger partial charge in [0.25, 0.3) is 5.91 Å². The summed E-state index contributed by atoms with van der Waals surface area (Å²) in [6.07, 6.45) is 0. The predicted molar refractivity (Wildman–Crippen MR) is 101 cm³/mol. The van der Waals surface area contributed by atoms with Gasteiger partial charge in [-0.15, -0.1) is 0 Å². The Labute approximate surface area is 158 Å². The first-order valence-electron chi connectivity index (χ1n) is 8.12. The molecule has 0 radical (unpaired) electrons. The third-order valence-electron chi connectivity index (χ3n) is 3.60. The molecule has 0 saturated carbocycles. The van der Waals surface area contributed by atoms with Crippen LogP contribution in [0.1, 0.15) is 42.7 Å². The van der Waals surface area contributed by atoms with Crippen molar-refractivity contribution in [2.45, 2.75) is 26.8 Å². The summed E-state index contributed by atoms with van der Waals surface area (Å²) in [5, 5.41) is 3.55. The lowest BCUT2D eigenvalue weighted by molar-refractivity contribution is 0.0940. The van der Waals surface area contributed by atoms with E-state index in [1.54, 1.807) is 18.2 Å². The Balaban J connectivity index is 2.21. The van der Waals surface area contributed by atoms with Crippen molar-refractivity contribution >= 4 is 29.1 Å². The molecule has 0 heterocycles. The van der Waals surface area contributed by atoms with Gasteiger partial charge in [0.05, 0.1) is 34.9 Å². The number of rotatable bonds is 7. The Morgan fingerprint density at radius 1 is 1.04 bits per heavy atom. The summed E-state index contributed by atoms with van der Waals surface area (Å²) >= 11 is 12.2. The second-order valence-electron chi connectivity index (χ2n) is 5.36. The highest BCUT2D eigenvalue weighted by Crippen LogP contribution is 2.31. The highest BCUT2D eigenvalue weighted by Gasteiger charge is 2.18. The van der Waals surface area contributed by atoms with Crippen LogP contribution in [0.5, 0.6) is 11.5 Å². The largest absolute Gasteiger partial charge is 0.490 e. The van der Waals surface area contributed by atoms with E-state index in [0.29, 0.717) is 34.8 Å². The van der Waals surface area contributed by atoms with Crippen LogP contribution in [0.15, 0.2) is 36.4 Å². The van der Waals surface area contributed by atoms with E-state index in [1.165, 1.54) is 0 Å². The van der Waals surface area contributed by atoms with Gasteiger partial charge >= 0.3 is 0 Å². The van der Waals surface area contributed by atoms with Gasteiger partial charge in [-0.2, -0.15) is 0 Å². The van der Waals surface area contributed by atoms with Crippen molar-refractivity contribution in [1.82, 2.24) is 5.32 Å². The van der Waals surface area contributed by atoms with Crippen LogP contribution >= 0.6 is 23.2 Å². The van der Waals surface area contributed by atoms with Crippen LogP contribution < -0.4 is 14.8 Å². The van der Waals surface area contributed by atoms with Crippen LogP contribution in [0.3, 0.4) is 0 Å². The van der Waals surface area contributed by atoms with Crippen molar-refractivity contribution in [3.63, 3.8) is 0 Å². The second-order valence-corrected chi connectivity index (χ2v) is 6.18. The second kappa shape index (κ2) is 8.97. The van der Waals surface area contributed by atoms with Gasteiger partial charge in [-0.3, -0.25) is 4.79 Å². The molecule has 0 bridgehead atoms. The zero-order valence-corrected chi connectivity index (χ0v) is 15.9. The molecule has 2 aromatic carbocycles. The molecule has 6 heteroatoms. The highest BCUT2D eigenvalue weighted by atomic mass is 35.5. The van der Waals surface area contributed by atoms with Crippen LogP contribution in [-0.4, -0.2) is 19.1 Å². The molecule has 0 fully saturated rings. The molecule has 0 saturated heterocycles. The number of ether oxygens (including phenoxy) is 2. The van der Waals surface area contributed by atoms with E-state index in [1.807, 2.05) is 39.0 Å². The van der Waals surface area contributed by atoms with Gasteiger partial charge in [-0.1, -0.05) is 35.3 Å². The Morgan fingerprint density at radius 2 is 1.64 bits per heavy atom. The fraction of sp³-hybridized carbons (Fsp3) is 0.316. The van der Waals surface area contributed by atoms with Crippen molar-refractivity contribution in [3.05, 3.63) is 57.6 Å². The number of benzene rings is 2. The molecule has 1 unspecified atom stereocenters. The predicted octanol–water partition coefficient (Wildman–Crippen LogP) is 5.28. The van der Waals surface area contributed by atoms with E-state index in [9.17, 15) is 4.79 Å². The Bertz CT molecular complexity index is 729. The Hall–Kier alpha value is -1.91. The zero-order chi connectivity index (χ0) is 18.4. The maximum atomic E-state index is 12.5. The SMILES string of the molecule is CCOc1ccc(C(C)NC(=O)c2c(Cl)cccc2Cl)cc1OCC. The van der Waals surface area contributed by atoms with Crippen LogP contribution in [0.2, 0.25) is 10.0 Å². The number of carbonyl (C=O) groups excluding carboxylic acids is 1. The maximum absolute atomic E-state index is 12.5. The fourth-order valence-electron chi connectivity index (χ4n) is 2.40. The average Bonchev–Trinajstić information content (AvgIpc) is 2.56. The first kappa shape index (κ1) is 19.4. The van der Waals surface area contributed by atoms with Crippen molar-refractivity contribution < 1.29 is 14.3 Å². The summed E-state index contributed by atoms with van der Waals surface area (Å²) in [6, 6.07) is 10.3. The van der Waals surface area contributed by atoms with Crippen molar-refractivity contribution in [3.8, 4) is 11.5 Å². The molecule has 0 aliphatic carbocycles. The zero-order valence-electron chi connectivity index (χ0n) is 14.4. The Morgan fingerprint density at radius 3 is 2.24 bits per heavy atom. The fourth-order valence-corrected chi connectivity index (χ4v) is 2.97. The first-order chi connectivity index (χ1) is 12.0. The molecule has 0 aliphatic rings. The van der Waals surface area contributed by atoms with Crippen molar-refractivity contribution in [2.75, 3.05) is 13.2 Å². The van der Waals surface area contributed by atoms with Crippen LogP contribution in [0.25, 0.3) is 0 Å². The molecule has 1 atom stereocenters. The van der Waals surface area contributed by atoms with Crippen LogP contribution in [0.4, 0.5) is 0 Å². The van der Waals surface area contributed by atoms with Gasteiger partial charge in [0.2, 0.25) is 0 Å². The summed E-state index contributed by atoms with van der Waals surface area (Å²) in [5.41, 5.74) is 1.16. The van der Waals surface area contributed by atoms with Gasteiger partial charge < -0.3 is 14.8 Å². The molecule has 0 aromatic heterocycles. The number of halogens is 2. The lowest BCUT2D eigenvalue weighted by Gasteiger charge is -2.18. The summed E-state index contributed by atoms with van der Waals surface area (Å²) in [6.45, 7) is 6.79.